The van der Waals surface area contributed by atoms with Crippen LogP contribution in [0.1, 0.15) is 25.7 Å². The first-order valence-corrected chi connectivity index (χ1v) is 9.01. The van der Waals surface area contributed by atoms with Crippen molar-refractivity contribution in [3.63, 3.8) is 0 Å². The largest absolute Gasteiger partial charge is 0.378 e. The molecule has 0 bridgehead atoms. The summed E-state index contributed by atoms with van der Waals surface area (Å²) in [6, 6.07) is 1.85. The van der Waals surface area contributed by atoms with Crippen LogP contribution >= 0.6 is 11.8 Å². The van der Waals surface area contributed by atoms with Gasteiger partial charge in [-0.2, -0.15) is 0 Å². The number of benzene rings is 1. The topological polar surface area (TPSA) is 50.4 Å². The Morgan fingerprint density at radius 1 is 1.26 bits per heavy atom. The molecule has 1 aromatic carbocycles. The number of hydrogen-bond acceptors (Lipinski definition) is 3. The minimum absolute atomic E-state index is 0.0366. The van der Waals surface area contributed by atoms with Gasteiger partial charge in [-0.05, 0) is 50.0 Å². The fraction of sp³-hybridized carbons (Fsp3) is 0.562. The predicted octanol–water partition coefficient (Wildman–Crippen LogP) is 3.77. The summed E-state index contributed by atoms with van der Waals surface area (Å²) in [5.41, 5.74) is 0.112. The molecule has 1 aromatic rings. The molecule has 1 saturated heterocycles. The number of ether oxygens (including phenoxy) is 1. The molecule has 2 amide bonds. The van der Waals surface area contributed by atoms with Gasteiger partial charge in [0.2, 0.25) is 0 Å². The summed E-state index contributed by atoms with van der Waals surface area (Å²) < 4.78 is 33.2. The fourth-order valence-electron chi connectivity index (χ4n) is 2.94. The van der Waals surface area contributed by atoms with Crippen molar-refractivity contribution < 1.29 is 18.3 Å². The van der Waals surface area contributed by atoms with Crippen molar-refractivity contribution in [1.29, 1.82) is 0 Å². The summed E-state index contributed by atoms with van der Waals surface area (Å²) in [4.78, 5) is 12.0. The number of carbonyl (C=O) groups excluding carboxylic acids is 1. The number of hydrogen-bond donors (Lipinski definition) is 2. The zero-order valence-corrected chi connectivity index (χ0v) is 13.7. The second-order valence-electron chi connectivity index (χ2n) is 6.04. The van der Waals surface area contributed by atoms with Crippen molar-refractivity contribution in [2.45, 2.75) is 42.7 Å². The van der Waals surface area contributed by atoms with E-state index in [0.717, 1.165) is 36.7 Å². The Hall–Kier alpha value is -1.34. The fourth-order valence-corrected chi connectivity index (χ4v) is 3.44. The van der Waals surface area contributed by atoms with Crippen molar-refractivity contribution in [3.8, 4) is 0 Å². The molecule has 2 atom stereocenters. The van der Waals surface area contributed by atoms with E-state index in [2.05, 4.69) is 10.6 Å². The van der Waals surface area contributed by atoms with Gasteiger partial charge in [0.15, 0.2) is 0 Å². The monoisotopic (exact) mass is 342 g/mol. The van der Waals surface area contributed by atoms with E-state index in [9.17, 15) is 13.6 Å². The van der Waals surface area contributed by atoms with Gasteiger partial charge in [0.1, 0.15) is 11.6 Å². The van der Waals surface area contributed by atoms with Crippen LogP contribution in [0, 0.1) is 17.6 Å². The number of amides is 2. The molecule has 7 heteroatoms. The highest BCUT2D eigenvalue weighted by molar-refractivity contribution is 7.98. The molecule has 1 aliphatic heterocycles. The second kappa shape index (κ2) is 7.05. The molecule has 2 N–H and O–H groups in total. The summed E-state index contributed by atoms with van der Waals surface area (Å²) in [7, 11) is 0. The molecule has 1 saturated carbocycles. The highest BCUT2D eigenvalue weighted by Crippen LogP contribution is 2.38. The zero-order valence-electron chi connectivity index (χ0n) is 12.9. The molecule has 1 heterocycles. The van der Waals surface area contributed by atoms with Gasteiger partial charge in [0.05, 0.1) is 11.0 Å². The molecule has 1 aliphatic carbocycles. The first-order valence-electron chi connectivity index (χ1n) is 7.79. The summed E-state index contributed by atoms with van der Waals surface area (Å²) in [5, 5.41) is 5.37. The van der Waals surface area contributed by atoms with Crippen LogP contribution in [0.3, 0.4) is 0 Å². The number of thioether (sulfide) groups is 1. The molecule has 0 unspecified atom stereocenters. The van der Waals surface area contributed by atoms with Crippen LogP contribution < -0.4 is 10.6 Å². The molecule has 0 radical (unpaired) electrons. The van der Waals surface area contributed by atoms with Crippen molar-refractivity contribution in [2.75, 3.05) is 18.2 Å². The van der Waals surface area contributed by atoms with Gasteiger partial charge < -0.3 is 15.4 Å². The Morgan fingerprint density at radius 2 is 1.96 bits per heavy atom. The third-order valence-electron chi connectivity index (χ3n) is 4.26. The van der Waals surface area contributed by atoms with Crippen LogP contribution in [0.25, 0.3) is 0 Å². The lowest BCUT2D eigenvalue weighted by Gasteiger charge is -2.30. The quantitative estimate of drug-likeness (QED) is 0.819. The van der Waals surface area contributed by atoms with Crippen molar-refractivity contribution in [1.82, 2.24) is 5.32 Å². The molecule has 3 rings (SSSR count). The molecule has 4 nitrogen and oxygen atoms in total. The van der Waals surface area contributed by atoms with Crippen LogP contribution in [0.2, 0.25) is 0 Å². The van der Waals surface area contributed by atoms with Crippen LogP contribution in [-0.4, -0.2) is 31.0 Å². The van der Waals surface area contributed by atoms with Gasteiger partial charge in [-0.15, -0.1) is 11.8 Å². The number of rotatable bonds is 4. The van der Waals surface area contributed by atoms with Gasteiger partial charge in [-0.3, -0.25) is 0 Å². The number of carbonyl (C=O) groups is 1. The minimum Gasteiger partial charge on any atom is -0.378 e. The van der Waals surface area contributed by atoms with E-state index in [0.29, 0.717) is 12.5 Å². The van der Waals surface area contributed by atoms with Gasteiger partial charge in [0, 0.05) is 18.3 Å². The third kappa shape index (κ3) is 4.14. The van der Waals surface area contributed by atoms with Crippen LogP contribution in [-0.2, 0) is 4.74 Å². The first-order chi connectivity index (χ1) is 11.1. The molecule has 126 valence electrons. The average Bonchev–Trinajstić information content (AvgIpc) is 3.31. The third-order valence-corrected chi connectivity index (χ3v) is 5.06. The standard InChI is InChI=1S/C16H20F2N2O2S/c1-23-15-12(17)6-11(7-13(15)18)20-16(21)19-10-4-5-22-14(8-10)9-2-3-9/h6-7,9-10,14H,2-5,8H2,1H3,(H2,19,20,21)/t10-,14-/m1/s1. The van der Waals surface area contributed by atoms with E-state index in [-0.39, 0.29) is 22.7 Å². The molecule has 0 spiro atoms. The number of urea groups is 1. The maximum atomic E-state index is 13.7. The van der Waals surface area contributed by atoms with E-state index < -0.39 is 17.7 Å². The van der Waals surface area contributed by atoms with Crippen LogP contribution in [0.4, 0.5) is 19.3 Å². The molecule has 2 fully saturated rings. The van der Waals surface area contributed by atoms with E-state index in [1.807, 2.05) is 0 Å². The van der Waals surface area contributed by atoms with Gasteiger partial charge >= 0.3 is 6.03 Å². The second-order valence-corrected chi connectivity index (χ2v) is 6.86. The zero-order chi connectivity index (χ0) is 16.4. The van der Waals surface area contributed by atoms with Crippen LogP contribution in [0.15, 0.2) is 17.0 Å². The van der Waals surface area contributed by atoms with E-state index >= 15 is 0 Å². The molecule has 0 aromatic heterocycles. The Balaban J connectivity index is 1.56. The smallest absolute Gasteiger partial charge is 0.319 e. The molecular weight excluding hydrogens is 322 g/mol. The normalized spacial score (nSPS) is 24.3. The Morgan fingerprint density at radius 3 is 2.57 bits per heavy atom. The van der Waals surface area contributed by atoms with Crippen molar-refractivity contribution in [3.05, 3.63) is 23.8 Å². The minimum atomic E-state index is -0.673. The summed E-state index contributed by atoms with van der Waals surface area (Å²) >= 11 is 0.995. The van der Waals surface area contributed by atoms with Gasteiger partial charge in [-0.1, -0.05) is 0 Å². The summed E-state index contributed by atoms with van der Waals surface area (Å²) in [6.45, 7) is 0.637. The SMILES string of the molecule is CSc1c(F)cc(NC(=O)N[C@@H]2CCO[C@@H](C3CC3)C2)cc1F. The van der Waals surface area contributed by atoms with Gasteiger partial charge in [0.25, 0.3) is 0 Å². The Kier molecular flexibility index (Phi) is 5.06. The number of halogens is 2. The average molecular weight is 342 g/mol. The molecule has 2 aliphatic rings. The van der Waals surface area contributed by atoms with Gasteiger partial charge in [-0.25, -0.2) is 13.6 Å². The highest BCUT2D eigenvalue weighted by atomic mass is 32.2. The lowest BCUT2D eigenvalue weighted by atomic mass is 10.0. The summed E-state index contributed by atoms with van der Waals surface area (Å²) in [5.74, 6) is -0.717. The maximum absolute atomic E-state index is 13.7. The van der Waals surface area contributed by atoms with E-state index in [1.165, 1.54) is 12.8 Å². The van der Waals surface area contributed by atoms with Crippen LogP contribution in [0.5, 0.6) is 0 Å². The molecule has 23 heavy (non-hydrogen) atoms. The molecular formula is C16H20F2N2O2S. The maximum Gasteiger partial charge on any atom is 0.319 e. The first kappa shape index (κ1) is 16.5. The Bertz CT molecular complexity index is 572. The Labute approximate surface area is 138 Å². The predicted molar refractivity (Wildman–Crippen MR) is 85.8 cm³/mol. The lowest BCUT2D eigenvalue weighted by Crippen LogP contribution is -2.44. The highest BCUT2D eigenvalue weighted by Gasteiger charge is 2.36. The van der Waals surface area contributed by atoms with E-state index in [4.69, 9.17) is 4.74 Å². The summed E-state index contributed by atoms with van der Waals surface area (Å²) in [6.07, 6.45) is 5.78. The van der Waals surface area contributed by atoms with Crippen molar-refractivity contribution in [2.24, 2.45) is 5.92 Å². The van der Waals surface area contributed by atoms with E-state index in [1.54, 1.807) is 6.26 Å². The lowest BCUT2D eigenvalue weighted by molar-refractivity contribution is -0.00889. The number of nitrogens with one attached hydrogen (secondary N) is 2. The van der Waals surface area contributed by atoms with Crippen molar-refractivity contribution >= 4 is 23.5 Å². The number of anilines is 1.